The van der Waals surface area contributed by atoms with Crippen molar-refractivity contribution in [3.63, 3.8) is 0 Å². The third-order valence-corrected chi connectivity index (χ3v) is 2.33. The molecule has 1 atom stereocenters. The van der Waals surface area contributed by atoms with Crippen LogP contribution in [0.4, 0.5) is 0 Å². The predicted octanol–water partition coefficient (Wildman–Crippen LogP) is 1.60. The van der Waals surface area contributed by atoms with Crippen LogP contribution in [0.3, 0.4) is 0 Å². The van der Waals surface area contributed by atoms with E-state index in [0.717, 1.165) is 5.56 Å². The zero-order valence-electron chi connectivity index (χ0n) is 7.87. The number of hydrogen-bond acceptors (Lipinski definition) is 2. The van der Waals surface area contributed by atoms with E-state index in [0.29, 0.717) is 12.2 Å². The number of nitrogens with two attached hydrogens (primary N) is 1. The lowest BCUT2D eigenvalue weighted by molar-refractivity contribution is -0.117. The summed E-state index contributed by atoms with van der Waals surface area (Å²) >= 11 is 5.85. The first-order valence-electron chi connectivity index (χ1n) is 4.17. The van der Waals surface area contributed by atoms with Crippen LogP contribution in [0.25, 0.3) is 0 Å². The quantitative estimate of drug-likeness (QED) is 0.773. The van der Waals surface area contributed by atoms with Gasteiger partial charge in [0.15, 0.2) is 0 Å². The zero-order chi connectivity index (χ0) is 10.6. The third-order valence-electron chi connectivity index (χ3n) is 1.88. The molecule has 0 saturated heterocycles. The van der Waals surface area contributed by atoms with Gasteiger partial charge in [0.05, 0.1) is 6.61 Å². The number of alkyl halides is 1. The van der Waals surface area contributed by atoms with Crippen LogP contribution >= 0.6 is 11.6 Å². The molecule has 1 amide bonds. The second-order valence-corrected chi connectivity index (χ2v) is 3.33. The molecule has 1 rings (SSSR count). The van der Waals surface area contributed by atoms with Crippen LogP contribution < -0.4 is 5.73 Å². The fraction of sp³-hybridized carbons (Fsp3) is 0.300. The number of halogens is 1. The highest BCUT2D eigenvalue weighted by molar-refractivity contribution is 6.30. The highest BCUT2D eigenvalue weighted by atomic mass is 35.5. The molecule has 0 aliphatic carbocycles. The summed E-state index contributed by atoms with van der Waals surface area (Å²) in [6, 6.07) is 7.31. The number of primary amides is 1. The standard InChI is InChI=1S/C10H12ClNO2/c1-14-6-7-4-2-3-5-8(7)9(11)10(12)13/h2-5,9H,6H2,1H3,(H2,12,13). The van der Waals surface area contributed by atoms with E-state index >= 15 is 0 Å². The van der Waals surface area contributed by atoms with Gasteiger partial charge in [0, 0.05) is 7.11 Å². The molecule has 0 radical (unpaired) electrons. The van der Waals surface area contributed by atoms with Crippen LogP contribution in [0.1, 0.15) is 16.5 Å². The molecule has 0 aromatic heterocycles. The van der Waals surface area contributed by atoms with Gasteiger partial charge in [0.25, 0.3) is 0 Å². The number of carbonyl (C=O) groups is 1. The molecule has 0 aliphatic rings. The molecule has 4 heteroatoms. The van der Waals surface area contributed by atoms with E-state index < -0.39 is 11.3 Å². The number of ether oxygens (including phenoxy) is 1. The molecule has 14 heavy (non-hydrogen) atoms. The summed E-state index contributed by atoms with van der Waals surface area (Å²) in [6.07, 6.45) is 0. The van der Waals surface area contributed by atoms with Crippen LogP contribution in [0.5, 0.6) is 0 Å². The third kappa shape index (κ3) is 2.47. The Balaban J connectivity index is 3.00. The molecule has 0 saturated carbocycles. The maximum atomic E-state index is 10.9. The average molecular weight is 214 g/mol. The molecule has 76 valence electrons. The number of hydrogen-bond donors (Lipinski definition) is 1. The van der Waals surface area contributed by atoms with Crippen molar-refractivity contribution in [3.05, 3.63) is 35.4 Å². The molecule has 0 bridgehead atoms. The summed E-state index contributed by atoms with van der Waals surface area (Å²) in [4.78, 5) is 10.9. The Morgan fingerprint density at radius 2 is 2.21 bits per heavy atom. The lowest BCUT2D eigenvalue weighted by atomic mass is 10.0. The van der Waals surface area contributed by atoms with Gasteiger partial charge >= 0.3 is 0 Å². The topological polar surface area (TPSA) is 52.3 Å². The van der Waals surface area contributed by atoms with Gasteiger partial charge < -0.3 is 10.5 Å². The number of benzene rings is 1. The van der Waals surface area contributed by atoms with Crippen molar-refractivity contribution in [2.45, 2.75) is 12.0 Å². The SMILES string of the molecule is COCc1ccccc1C(Cl)C(N)=O. The van der Waals surface area contributed by atoms with Crippen LogP contribution in [0.15, 0.2) is 24.3 Å². The van der Waals surface area contributed by atoms with Gasteiger partial charge in [0.2, 0.25) is 5.91 Å². The Hall–Kier alpha value is -1.06. The van der Waals surface area contributed by atoms with Crippen LogP contribution in [-0.2, 0) is 16.1 Å². The van der Waals surface area contributed by atoms with E-state index in [9.17, 15) is 4.79 Å². The van der Waals surface area contributed by atoms with Crippen molar-refractivity contribution in [1.29, 1.82) is 0 Å². The van der Waals surface area contributed by atoms with Crippen molar-refractivity contribution in [2.24, 2.45) is 5.73 Å². The minimum atomic E-state index is -0.790. The Labute approximate surface area is 87.8 Å². The van der Waals surface area contributed by atoms with Crippen molar-refractivity contribution in [3.8, 4) is 0 Å². The number of carbonyl (C=O) groups excluding carboxylic acids is 1. The Kier molecular flexibility index (Phi) is 3.92. The van der Waals surface area contributed by atoms with Gasteiger partial charge in [0.1, 0.15) is 5.38 Å². The van der Waals surface area contributed by atoms with E-state index in [1.54, 1.807) is 13.2 Å². The van der Waals surface area contributed by atoms with Crippen LogP contribution in [0, 0.1) is 0 Å². The largest absolute Gasteiger partial charge is 0.380 e. The van der Waals surface area contributed by atoms with E-state index in [1.807, 2.05) is 18.2 Å². The summed E-state index contributed by atoms with van der Waals surface area (Å²) in [5.41, 5.74) is 6.72. The van der Waals surface area contributed by atoms with Crippen LogP contribution in [-0.4, -0.2) is 13.0 Å². The Bertz CT molecular complexity index is 328. The normalized spacial score (nSPS) is 12.4. The van der Waals surface area contributed by atoms with Crippen molar-refractivity contribution < 1.29 is 9.53 Å². The van der Waals surface area contributed by atoms with E-state index in [2.05, 4.69) is 0 Å². The fourth-order valence-electron chi connectivity index (χ4n) is 1.22. The molecule has 1 aromatic carbocycles. The molecule has 0 spiro atoms. The van der Waals surface area contributed by atoms with E-state index in [1.165, 1.54) is 0 Å². The molecular formula is C10H12ClNO2. The van der Waals surface area contributed by atoms with Gasteiger partial charge in [-0.25, -0.2) is 0 Å². The molecule has 3 nitrogen and oxygen atoms in total. The molecule has 0 heterocycles. The van der Waals surface area contributed by atoms with Gasteiger partial charge in [-0.1, -0.05) is 24.3 Å². The molecule has 0 aliphatic heterocycles. The summed E-state index contributed by atoms with van der Waals surface area (Å²) in [6.45, 7) is 0.423. The fourth-order valence-corrected chi connectivity index (χ4v) is 1.43. The summed E-state index contributed by atoms with van der Waals surface area (Å²) in [5, 5.41) is -0.790. The first-order chi connectivity index (χ1) is 6.66. The first-order valence-corrected chi connectivity index (χ1v) is 4.60. The average Bonchev–Trinajstić information content (AvgIpc) is 2.18. The summed E-state index contributed by atoms with van der Waals surface area (Å²) < 4.78 is 4.99. The minimum absolute atomic E-state index is 0.423. The van der Waals surface area contributed by atoms with Crippen LogP contribution in [0.2, 0.25) is 0 Å². The molecule has 1 aromatic rings. The van der Waals surface area contributed by atoms with Gasteiger partial charge in [-0.05, 0) is 11.1 Å². The van der Waals surface area contributed by atoms with Gasteiger partial charge in [-0.15, -0.1) is 11.6 Å². The number of amides is 1. The number of methoxy groups -OCH3 is 1. The molecule has 1 unspecified atom stereocenters. The first kappa shape index (κ1) is 11.0. The highest BCUT2D eigenvalue weighted by Gasteiger charge is 2.16. The Morgan fingerprint density at radius 3 is 2.79 bits per heavy atom. The van der Waals surface area contributed by atoms with Crippen molar-refractivity contribution in [2.75, 3.05) is 7.11 Å². The van der Waals surface area contributed by atoms with Gasteiger partial charge in [-0.3, -0.25) is 4.79 Å². The van der Waals surface area contributed by atoms with Crippen molar-refractivity contribution in [1.82, 2.24) is 0 Å². The van der Waals surface area contributed by atoms with E-state index in [-0.39, 0.29) is 0 Å². The van der Waals surface area contributed by atoms with Gasteiger partial charge in [-0.2, -0.15) is 0 Å². The Morgan fingerprint density at radius 1 is 1.57 bits per heavy atom. The second kappa shape index (κ2) is 4.98. The maximum Gasteiger partial charge on any atom is 0.240 e. The lowest BCUT2D eigenvalue weighted by Gasteiger charge is -2.11. The van der Waals surface area contributed by atoms with E-state index in [4.69, 9.17) is 22.1 Å². The number of rotatable bonds is 4. The molecule has 2 N–H and O–H groups in total. The zero-order valence-corrected chi connectivity index (χ0v) is 8.62. The molecular weight excluding hydrogens is 202 g/mol. The summed E-state index contributed by atoms with van der Waals surface area (Å²) in [5.74, 6) is -0.546. The predicted molar refractivity (Wildman–Crippen MR) is 54.9 cm³/mol. The highest BCUT2D eigenvalue weighted by Crippen LogP contribution is 2.23. The lowest BCUT2D eigenvalue weighted by Crippen LogP contribution is -2.18. The smallest absolute Gasteiger partial charge is 0.240 e. The second-order valence-electron chi connectivity index (χ2n) is 2.90. The minimum Gasteiger partial charge on any atom is -0.380 e. The summed E-state index contributed by atoms with van der Waals surface area (Å²) in [7, 11) is 1.59. The monoisotopic (exact) mass is 213 g/mol. The maximum absolute atomic E-state index is 10.9. The van der Waals surface area contributed by atoms with Crippen molar-refractivity contribution >= 4 is 17.5 Å². The molecule has 0 fully saturated rings.